The van der Waals surface area contributed by atoms with Crippen molar-refractivity contribution >= 4 is 17.6 Å². The molecule has 0 aliphatic rings. The van der Waals surface area contributed by atoms with Crippen molar-refractivity contribution in [2.24, 2.45) is 0 Å². The summed E-state index contributed by atoms with van der Waals surface area (Å²) in [6.45, 7) is 0.733. The maximum Gasteiger partial charge on any atom is 0.151 e. The van der Waals surface area contributed by atoms with E-state index in [1.807, 2.05) is 22.3 Å². The van der Waals surface area contributed by atoms with Gasteiger partial charge in [0.25, 0.3) is 0 Å². The molecule has 0 aromatic carbocycles. The monoisotopic (exact) mass is 192 g/mol. The van der Waals surface area contributed by atoms with Gasteiger partial charge in [-0.15, -0.1) is 11.3 Å². The highest BCUT2D eigenvalue weighted by atomic mass is 32.1. The maximum absolute atomic E-state index is 10.4. The number of thiazole rings is 1. The third-order valence-electron chi connectivity index (χ3n) is 1.74. The van der Waals surface area contributed by atoms with E-state index in [9.17, 15) is 4.79 Å². The standard InChI is InChI=1S/C9H8N2OS/c12-5-8-1-2-11(3-8)4-9-6-13-7-10-9/h1-3,5-7H,4H2. The molecule has 13 heavy (non-hydrogen) atoms. The van der Waals surface area contributed by atoms with Crippen molar-refractivity contribution in [3.8, 4) is 0 Å². The van der Waals surface area contributed by atoms with Crippen molar-refractivity contribution in [1.82, 2.24) is 9.55 Å². The number of carbonyl (C=O) groups is 1. The second-order valence-corrected chi connectivity index (χ2v) is 3.43. The Morgan fingerprint density at radius 3 is 3.15 bits per heavy atom. The van der Waals surface area contributed by atoms with E-state index in [2.05, 4.69) is 4.98 Å². The largest absolute Gasteiger partial charge is 0.348 e. The number of nitrogens with zero attached hydrogens (tertiary/aromatic N) is 2. The van der Waals surface area contributed by atoms with E-state index in [0.29, 0.717) is 5.56 Å². The minimum Gasteiger partial charge on any atom is -0.348 e. The highest BCUT2D eigenvalue weighted by Gasteiger charge is 1.97. The predicted molar refractivity (Wildman–Crippen MR) is 51.0 cm³/mol. The van der Waals surface area contributed by atoms with Crippen molar-refractivity contribution in [3.05, 3.63) is 40.6 Å². The van der Waals surface area contributed by atoms with Gasteiger partial charge in [0.05, 0.1) is 17.7 Å². The van der Waals surface area contributed by atoms with Crippen molar-refractivity contribution in [2.75, 3.05) is 0 Å². The van der Waals surface area contributed by atoms with Gasteiger partial charge >= 0.3 is 0 Å². The molecule has 0 aliphatic heterocycles. The van der Waals surface area contributed by atoms with E-state index in [1.54, 1.807) is 22.9 Å². The fourth-order valence-corrected chi connectivity index (χ4v) is 1.68. The van der Waals surface area contributed by atoms with E-state index in [-0.39, 0.29) is 0 Å². The van der Waals surface area contributed by atoms with Gasteiger partial charge in [-0.25, -0.2) is 4.98 Å². The molecule has 0 N–H and O–H groups in total. The molecular weight excluding hydrogens is 184 g/mol. The van der Waals surface area contributed by atoms with Crippen LogP contribution in [0.4, 0.5) is 0 Å². The second-order valence-electron chi connectivity index (χ2n) is 2.71. The molecule has 4 heteroatoms. The van der Waals surface area contributed by atoms with Crippen LogP contribution in [0.1, 0.15) is 16.1 Å². The Labute approximate surface area is 79.7 Å². The molecule has 2 aromatic rings. The van der Waals surface area contributed by atoms with E-state index in [0.717, 1.165) is 18.5 Å². The Kier molecular flexibility index (Phi) is 2.23. The minimum absolute atomic E-state index is 0.704. The Bertz CT molecular complexity index is 391. The summed E-state index contributed by atoms with van der Waals surface area (Å²) >= 11 is 1.58. The molecule has 0 radical (unpaired) electrons. The van der Waals surface area contributed by atoms with Crippen molar-refractivity contribution < 1.29 is 4.79 Å². The highest BCUT2D eigenvalue weighted by molar-refractivity contribution is 7.07. The van der Waals surface area contributed by atoms with Crippen LogP contribution in [0.25, 0.3) is 0 Å². The molecule has 0 spiro atoms. The summed E-state index contributed by atoms with van der Waals surface area (Å²) in [7, 11) is 0. The molecule has 0 saturated carbocycles. The first-order chi connectivity index (χ1) is 6.38. The highest BCUT2D eigenvalue weighted by Crippen LogP contribution is 2.05. The summed E-state index contributed by atoms with van der Waals surface area (Å²) in [5.41, 5.74) is 3.53. The van der Waals surface area contributed by atoms with Crippen LogP contribution in [0.15, 0.2) is 29.4 Å². The third-order valence-corrected chi connectivity index (χ3v) is 2.37. The molecule has 0 aliphatic carbocycles. The molecule has 0 bridgehead atoms. The summed E-state index contributed by atoms with van der Waals surface area (Å²) < 4.78 is 1.94. The van der Waals surface area contributed by atoms with Gasteiger partial charge in [0.2, 0.25) is 0 Å². The van der Waals surface area contributed by atoms with E-state index in [4.69, 9.17) is 0 Å². The lowest BCUT2D eigenvalue weighted by Gasteiger charge is -1.97. The first-order valence-electron chi connectivity index (χ1n) is 3.86. The number of rotatable bonds is 3. The Balaban J connectivity index is 2.14. The van der Waals surface area contributed by atoms with Crippen molar-refractivity contribution in [2.45, 2.75) is 6.54 Å². The van der Waals surface area contributed by atoms with E-state index >= 15 is 0 Å². The van der Waals surface area contributed by atoms with E-state index in [1.165, 1.54) is 0 Å². The molecule has 0 amide bonds. The van der Waals surface area contributed by atoms with Gasteiger partial charge in [-0.1, -0.05) is 0 Å². The molecule has 3 nitrogen and oxygen atoms in total. The number of carbonyl (C=O) groups excluding carboxylic acids is 1. The van der Waals surface area contributed by atoms with Gasteiger partial charge in [0.15, 0.2) is 6.29 Å². The fraction of sp³-hybridized carbons (Fsp3) is 0.111. The maximum atomic E-state index is 10.4. The SMILES string of the molecule is O=Cc1ccn(Cc2cscn2)c1. The van der Waals surface area contributed by atoms with Crippen molar-refractivity contribution in [1.29, 1.82) is 0 Å². The average Bonchev–Trinajstić information content (AvgIpc) is 2.76. The van der Waals surface area contributed by atoms with Crippen LogP contribution in [-0.4, -0.2) is 15.8 Å². The average molecular weight is 192 g/mol. The summed E-state index contributed by atoms with van der Waals surface area (Å²) in [6, 6.07) is 1.79. The Morgan fingerprint density at radius 2 is 2.54 bits per heavy atom. The van der Waals surface area contributed by atoms with Crippen LogP contribution in [0.5, 0.6) is 0 Å². The topological polar surface area (TPSA) is 34.9 Å². The van der Waals surface area contributed by atoms with Gasteiger partial charge in [-0.2, -0.15) is 0 Å². The van der Waals surface area contributed by atoms with Gasteiger partial charge < -0.3 is 4.57 Å². The summed E-state index contributed by atoms with van der Waals surface area (Å²) in [4.78, 5) is 14.6. The Morgan fingerprint density at radius 1 is 1.62 bits per heavy atom. The third kappa shape index (κ3) is 1.84. The number of aldehydes is 1. The molecule has 0 fully saturated rings. The van der Waals surface area contributed by atoms with Crippen LogP contribution in [0, 0.1) is 0 Å². The first kappa shape index (κ1) is 8.19. The van der Waals surface area contributed by atoms with Crippen LogP contribution < -0.4 is 0 Å². The van der Waals surface area contributed by atoms with Crippen LogP contribution in [-0.2, 0) is 6.54 Å². The predicted octanol–water partition coefficient (Wildman–Crippen LogP) is 1.81. The van der Waals surface area contributed by atoms with Gasteiger partial charge in [0.1, 0.15) is 0 Å². The molecule has 0 saturated heterocycles. The number of hydrogen-bond donors (Lipinski definition) is 0. The quantitative estimate of drug-likeness (QED) is 0.695. The zero-order valence-electron chi connectivity index (χ0n) is 6.88. The minimum atomic E-state index is 0.704. The summed E-state index contributed by atoms with van der Waals surface area (Å²) in [5, 5.41) is 2.00. The molecule has 66 valence electrons. The normalized spacial score (nSPS) is 10.2. The number of aromatic nitrogens is 2. The van der Waals surface area contributed by atoms with Crippen LogP contribution >= 0.6 is 11.3 Å². The second kappa shape index (κ2) is 3.53. The van der Waals surface area contributed by atoms with Gasteiger partial charge in [-0.3, -0.25) is 4.79 Å². The zero-order chi connectivity index (χ0) is 9.10. The van der Waals surface area contributed by atoms with Crippen molar-refractivity contribution in [3.63, 3.8) is 0 Å². The molecule has 0 unspecified atom stereocenters. The summed E-state index contributed by atoms with van der Waals surface area (Å²) in [5.74, 6) is 0. The first-order valence-corrected chi connectivity index (χ1v) is 4.81. The lowest BCUT2D eigenvalue weighted by molar-refractivity contribution is 0.112. The Hall–Kier alpha value is -1.42. The lowest BCUT2D eigenvalue weighted by Crippen LogP contribution is -1.95. The molecule has 2 rings (SSSR count). The van der Waals surface area contributed by atoms with Crippen LogP contribution in [0.3, 0.4) is 0 Å². The number of hydrogen-bond acceptors (Lipinski definition) is 3. The molecule has 2 heterocycles. The zero-order valence-corrected chi connectivity index (χ0v) is 7.70. The molecular formula is C9H8N2OS. The molecule has 0 atom stereocenters. The fourth-order valence-electron chi connectivity index (χ4n) is 1.13. The summed E-state index contributed by atoms with van der Waals surface area (Å²) in [6.07, 6.45) is 4.53. The smallest absolute Gasteiger partial charge is 0.151 e. The van der Waals surface area contributed by atoms with Gasteiger partial charge in [-0.05, 0) is 6.07 Å². The van der Waals surface area contributed by atoms with Gasteiger partial charge in [0, 0.05) is 23.3 Å². The molecule has 2 aromatic heterocycles. The van der Waals surface area contributed by atoms with Crippen LogP contribution in [0.2, 0.25) is 0 Å². The lowest BCUT2D eigenvalue weighted by atomic mass is 10.4. The van der Waals surface area contributed by atoms with E-state index < -0.39 is 0 Å².